The first-order valence-electron chi connectivity index (χ1n) is 12.1. The minimum absolute atomic E-state index is 0.114. The quantitative estimate of drug-likeness (QED) is 0.158. The highest BCUT2D eigenvalue weighted by Gasteiger charge is 2.19. The van der Waals surface area contributed by atoms with Gasteiger partial charge in [-0.3, -0.25) is 9.59 Å². The van der Waals surface area contributed by atoms with E-state index in [1.807, 2.05) is 0 Å². The van der Waals surface area contributed by atoms with Crippen LogP contribution in [0.15, 0.2) is 0 Å². The summed E-state index contributed by atoms with van der Waals surface area (Å²) in [7, 11) is 0. The molecule has 2 heteroatoms. The minimum Gasteiger partial charge on any atom is -0.291 e. The van der Waals surface area contributed by atoms with E-state index in [0.29, 0.717) is 24.7 Å². The molecule has 0 aromatic heterocycles. The molecule has 0 amide bonds. The molecule has 0 bridgehead atoms. The minimum atomic E-state index is -0.119. The lowest BCUT2D eigenvalue weighted by molar-refractivity contribution is -0.137. The fourth-order valence-corrected chi connectivity index (χ4v) is 4.02. The van der Waals surface area contributed by atoms with Crippen molar-refractivity contribution in [1.29, 1.82) is 0 Å². The SMILES string of the molecule is CCCCCCCCCCCCCCC(=O)C(=O)CC(CCC)CC(C)C. The largest absolute Gasteiger partial charge is 0.291 e. The van der Waals surface area contributed by atoms with E-state index in [9.17, 15) is 9.59 Å². The van der Waals surface area contributed by atoms with Gasteiger partial charge in [-0.15, -0.1) is 0 Å². The number of unbranched alkanes of at least 4 members (excludes halogenated alkanes) is 11. The van der Waals surface area contributed by atoms with Gasteiger partial charge < -0.3 is 0 Å². The number of rotatable bonds is 20. The highest BCUT2D eigenvalue weighted by molar-refractivity contribution is 6.37. The van der Waals surface area contributed by atoms with Crippen LogP contribution < -0.4 is 0 Å². The zero-order valence-corrected chi connectivity index (χ0v) is 19.0. The van der Waals surface area contributed by atoms with Crippen molar-refractivity contribution in [2.24, 2.45) is 11.8 Å². The third-order valence-electron chi connectivity index (χ3n) is 5.54. The maximum absolute atomic E-state index is 12.2. The number of Topliss-reactive ketones (excluding diaryl/α,β-unsaturated/α-hetero) is 2. The summed E-state index contributed by atoms with van der Waals surface area (Å²) < 4.78 is 0. The van der Waals surface area contributed by atoms with Crippen LogP contribution in [0.1, 0.15) is 137 Å². The zero-order chi connectivity index (χ0) is 20.3. The monoisotopic (exact) mass is 380 g/mol. The van der Waals surface area contributed by atoms with Crippen LogP contribution in [-0.2, 0) is 9.59 Å². The average Bonchev–Trinajstić information content (AvgIpc) is 2.62. The summed E-state index contributed by atoms with van der Waals surface area (Å²) in [5.74, 6) is 0.762. The fourth-order valence-electron chi connectivity index (χ4n) is 4.02. The Morgan fingerprint density at radius 2 is 1.11 bits per heavy atom. The number of ketones is 2. The second kappa shape index (κ2) is 18.7. The van der Waals surface area contributed by atoms with E-state index < -0.39 is 0 Å². The maximum Gasteiger partial charge on any atom is 0.198 e. The molecule has 0 saturated carbocycles. The summed E-state index contributed by atoms with van der Waals surface area (Å²) >= 11 is 0. The lowest BCUT2D eigenvalue weighted by atomic mass is 9.87. The molecular formula is C25H48O2. The predicted octanol–water partition coefficient (Wildman–Crippen LogP) is 8.07. The normalized spacial score (nSPS) is 12.5. The Morgan fingerprint density at radius 3 is 1.56 bits per heavy atom. The predicted molar refractivity (Wildman–Crippen MR) is 118 cm³/mol. The van der Waals surface area contributed by atoms with Crippen LogP contribution in [0, 0.1) is 11.8 Å². The van der Waals surface area contributed by atoms with Gasteiger partial charge in [0, 0.05) is 12.8 Å². The van der Waals surface area contributed by atoms with Crippen LogP contribution in [0.3, 0.4) is 0 Å². The van der Waals surface area contributed by atoms with Gasteiger partial charge in [-0.2, -0.15) is 0 Å². The van der Waals surface area contributed by atoms with Crippen LogP contribution in [0.4, 0.5) is 0 Å². The fraction of sp³-hybridized carbons (Fsp3) is 0.920. The van der Waals surface area contributed by atoms with E-state index in [1.165, 1.54) is 64.2 Å². The van der Waals surface area contributed by atoms with Crippen LogP contribution in [0.25, 0.3) is 0 Å². The van der Waals surface area contributed by atoms with Crippen molar-refractivity contribution in [2.75, 3.05) is 0 Å². The van der Waals surface area contributed by atoms with Crippen molar-refractivity contribution in [3.8, 4) is 0 Å². The van der Waals surface area contributed by atoms with Crippen LogP contribution in [0.2, 0.25) is 0 Å². The van der Waals surface area contributed by atoms with E-state index in [2.05, 4.69) is 27.7 Å². The molecule has 0 radical (unpaired) electrons. The molecule has 1 unspecified atom stereocenters. The third kappa shape index (κ3) is 17.2. The van der Waals surface area contributed by atoms with Gasteiger partial charge in [-0.1, -0.05) is 111 Å². The highest BCUT2D eigenvalue weighted by atomic mass is 16.2. The number of hydrogen-bond acceptors (Lipinski definition) is 2. The van der Waals surface area contributed by atoms with Crippen LogP contribution >= 0.6 is 0 Å². The second-order valence-corrected chi connectivity index (χ2v) is 8.97. The summed E-state index contributed by atoms with van der Waals surface area (Å²) in [6.07, 6.45) is 19.6. The molecule has 0 heterocycles. The molecule has 0 saturated heterocycles. The molecule has 0 aliphatic rings. The number of hydrogen-bond donors (Lipinski definition) is 0. The molecule has 0 aromatic rings. The van der Waals surface area contributed by atoms with E-state index in [4.69, 9.17) is 0 Å². The molecule has 160 valence electrons. The lowest BCUT2D eigenvalue weighted by Crippen LogP contribution is -2.19. The van der Waals surface area contributed by atoms with Crippen LogP contribution in [-0.4, -0.2) is 11.6 Å². The third-order valence-corrected chi connectivity index (χ3v) is 5.54. The van der Waals surface area contributed by atoms with Crippen molar-refractivity contribution >= 4 is 11.6 Å². The smallest absolute Gasteiger partial charge is 0.198 e. The number of carbonyl (C=O) groups excluding carboxylic acids is 2. The topological polar surface area (TPSA) is 34.1 Å². The molecule has 0 aliphatic carbocycles. The van der Waals surface area contributed by atoms with Gasteiger partial charge >= 0.3 is 0 Å². The molecule has 0 fully saturated rings. The Hall–Kier alpha value is -0.660. The summed E-state index contributed by atoms with van der Waals surface area (Å²) in [5.41, 5.74) is 0. The van der Waals surface area contributed by atoms with E-state index in [1.54, 1.807) is 0 Å². The van der Waals surface area contributed by atoms with Gasteiger partial charge in [0.1, 0.15) is 0 Å². The van der Waals surface area contributed by atoms with Gasteiger partial charge in [-0.05, 0) is 24.7 Å². The summed E-state index contributed by atoms with van der Waals surface area (Å²) in [4.78, 5) is 24.3. The van der Waals surface area contributed by atoms with Crippen molar-refractivity contribution in [2.45, 2.75) is 137 Å². The second-order valence-electron chi connectivity index (χ2n) is 8.97. The van der Waals surface area contributed by atoms with Crippen molar-refractivity contribution < 1.29 is 9.59 Å². The molecular weight excluding hydrogens is 332 g/mol. The zero-order valence-electron chi connectivity index (χ0n) is 19.0. The maximum atomic E-state index is 12.2. The standard InChI is InChI=1S/C25H48O2/c1-5-7-8-9-10-11-12-13-14-15-16-17-19-24(26)25(27)21-23(18-6-2)20-22(3)4/h22-23H,5-21H2,1-4H3. The van der Waals surface area contributed by atoms with Gasteiger partial charge in [0.15, 0.2) is 11.6 Å². The van der Waals surface area contributed by atoms with Gasteiger partial charge in [-0.25, -0.2) is 0 Å². The first kappa shape index (κ1) is 26.3. The molecule has 0 aliphatic heterocycles. The lowest BCUT2D eigenvalue weighted by Gasteiger charge is -2.17. The summed E-state index contributed by atoms with van der Waals surface area (Å²) in [6, 6.07) is 0. The van der Waals surface area contributed by atoms with Gasteiger partial charge in [0.2, 0.25) is 0 Å². The Morgan fingerprint density at radius 1 is 0.630 bits per heavy atom. The highest BCUT2D eigenvalue weighted by Crippen LogP contribution is 2.21. The molecule has 0 aromatic carbocycles. The molecule has 1 atom stereocenters. The summed E-state index contributed by atoms with van der Waals surface area (Å²) in [6.45, 7) is 8.81. The Labute approximate surface area is 170 Å². The molecule has 2 nitrogen and oxygen atoms in total. The Balaban J connectivity index is 3.62. The van der Waals surface area contributed by atoms with Crippen molar-refractivity contribution in [3.05, 3.63) is 0 Å². The molecule has 0 N–H and O–H groups in total. The van der Waals surface area contributed by atoms with E-state index in [-0.39, 0.29) is 11.6 Å². The van der Waals surface area contributed by atoms with E-state index in [0.717, 1.165) is 32.1 Å². The van der Waals surface area contributed by atoms with Crippen molar-refractivity contribution in [3.63, 3.8) is 0 Å². The first-order valence-corrected chi connectivity index (χ1v) is 12.1. The molecule has 27 heavy (non-hydrogen) atoms. The van der Waals surface area contributed by atoms with Gasteiger partial charge in [0.05, 0.1) is 0 Å². The van der Waals surface area contributed by atoms with Crippen LogP contribution in [0.5, 0.6) is 0 Å². The first-order chi connectivity index (χ1) is 13.0. The van der Waals surface area contributed by atoms with E-state index >= 15 is 0 Å². The summed E-state index contributed by atoms with van der Waals surface area (Å²) in [5, 5.41) is 0. The Kier molecular flexibility index (Phi) is 18.2. The molecule has 0 rings (SSSR count). The molecule has 0 spiro atoms. The number of carbonyl (C=O) groups is 2. The van der Waals surface area contributed by atoms with Gasteiger partial charge in [0.25, 0.3) is 0 Å². The Bertz CT molecular complexity index is 359. The average molecular weight is 381 g/mol. The van der Waals surface area contributed by atoms with Crippen molar-refractivity contribution in [1.82, 2.24) is 0 Å².